The molecule has 0 radical (unpaired) electrons. The number of nitrogens with zero attached hydrogens (tertiary/aromatic N) is 3. The number of hydrogen-bond acceptors (Lipinski definition) is 10. The molecular formula is C31H26ClF3N6O7S2. The summed E-state index contributed by atoms with van der Waals surface area (Å²) in [5, 5.41) is 4.87. The first-order valence-corrected chi connectivity index (χ1v) is 17.6. The van der Waals surface area contributed by atoms with E-state index in [1.807, 2.05) is 6.92 Å². The molecule has 0 aliphatic heterocycles. The summed E-state index contributed by atoms with van der Waals surface area (Å²) in [5.74, 6) is 0.702. The van der Waals surface area contributed by atoms with Gasteiger partial charge in [-0.2, -0.15) is 21.6 Å². The first-order chi connectivity index (χ1) is 23.3. The molecule has 0 saturated carbocycles. The molecule has 19 heteroatoms. The van der Waals surface area contributed by atoms with Gasteiger partial charge < -0.3 is 21.1 Å². The second-order valence-corrected chi connectivity index (χ2v) is 14.2. The Kier molecular flexibility index (Phi) is 11.3. The number of aryl methyl sites for hydroxylation is 1. The fourth-order valence-electron chi connectivity index (χ4n) is 4.04. The third-order valence-electron chi connectivity index (χ3n) is 6.42. The van der Waals surface area contributed by atoms with E-state index in [9.17, 15) is 34.8 Å². The van der Waals surface area contributed by atoms with Crippen molar-refractivity contribution in [2.45, 2.75) is 22.9 Å². The molecule has 262 valence electrons. The van der Waals surface area contributed by atoms with Gasteiger partial charge in [-0.05, 0) is 61.0 Å². The van der Waals surface area contributed by atoms with Gasteiger partial charge in [-0.1, -0.05) is 41.4 Å². The van der Waals surface area contributed by atoms with Gasteiger partial charge in [-0.15, -0.1) is 0 Å². The zero-order valence-corrected chi connectivity index (χ0v) is 28.2. The average Bonchev–Trinajstić information content (AvgIpc) is 3.03. The first kappa shape index (κ1) is 37.5. The van der Waals surface area contributed by atoms with Crippen molar-refractivity contribution in [2.75, 3.05) is 22.6 Å². The molecule has 0 aliphatic rings. The smallest absolute Gasteiger partial charge is 0.416 e. The monoisotopic (exact) mass is 750 g/mol. The number of rotatable bonds is 7. The Morgan fingerprint density at radius 3 is 2.06 bits per heavy atom. The van der Waals surface area contributed by atoms with E-state index in [1.165, 1.54) is 30.7 Å². The Labute approximate surface area is 289 Å². The first-order valence-electron chi connectivity index (χ1n) is 13.8. The Bertz CT molecular complexity index is 2220. The van der Waals surface area contributed by atoms with Crippen LogP contribution < -0.4 is 21.1 Å². The number of amides is 2. The highest BCUT2D eigenvalue weighted by Gasteiger charge is 2.32. The molecule has 5 rings (SSSR count). The van der Waals surface area contributed by atoms with Gasteiger partial charge in [0.15, 0.2) is 9.84 Å². The zero-order valence-electron chi connectivity index (χ0n) is 25.8. The lowest BCUT2D eigenvalue weighted by Crippen LogP contribution is -2.21. The number of nitrogen functional groups attached to an aromatic ring is 1. The fourth-order valence-corrected chi connectivity index (χ4v) is 5.51. The van der Waals surface area contributed by atoms with Gasteiger partial charge in [0.2, 0.25) is 0 Å². The number of hydrogen-bond donors (Lipinski definition) is 4. The zero-order chi connectivity index (χ0) is 36.9. The number of pyridine rings is 1. The van der Waals surface area contributed by atoms with Crippen LogP contribution in [0.5, 0.6) is 11.8 Å². The van der Waals surface area contributed by atoms with Crippen molar-refractivity contribution in [2.24, 2.45) is 0 Å². The molecule has 5 aromatic rings. The van der Waals surface area contributed by atoms with Gasteiger partial charge in [-0.25, -0.2) is 28.2 Å². The quantitative estimate of drug-likeness (QED) is 0.126. The third-order valence-corrected chi connectivity index (χ3v) is 8.65. The Balaban J connectivity index is 0.000000435. The number of nitrogens with two attached hydrogens (primary N) is 1. The van der Waals surface area contributed by atoms with Crippen LogP contribution in [0.25, 0.3) is 11.1 Å². The maximum absolute atomic E-state index is 13.1. The van der Waals surface area contributed by atoms with Crippen LogP contribution in [0, 0.1) is 6.92 Å². The highest BCUT2D eigenvalue weighted by Crippen LogP contribution is 2.34. The van der Waals surface area contributed by atoms with E-state index in [-0.39, 0.29) is 16.6 Å². The summed E-state index contributed by atoms with van der Waals surface area (Å²) in [7, 11) is -7.96. The van der Waals surface area contributed by atoms with Gasteiger partial charge in [0.05, 0.1) is 44.1 Å². The second kappa shape index (κ2) is 15.1. The average molecular weight is 751 g/mol. The number of alkyl halides is 3. The van der Waals surface area contributed by atoms with Crippen molar-refractivity contribution in [3.63, 3.8) is 0 Å². The minimum Gasteiger partial charge on any atom is -0.424 e. The maximum Gasteiger partial charge on any atom is 0.416 e. The van der Waals surface area contributed by atoms with Crippen molar-refractivity contribution in [1.82, 2.24) is 15.0 Å². The molecule has 0 unspecified atom stereocenters. The number of ether oxygens (including phenoxy) is 1. The Morgan fingerprint density at radius 1 is 0.880 bits per heavy atom. The summed E-state index contributed by atoms with van der Waals surface area (Å²) < 4.78 is 98.3. The number of sulfone groups is 1. The van der Waals surface area contributed by atoms with Gasteiger partial charge in [0, 0.05) is 18.0 Å². The van der Waals surface area contributed by atoms with E-state index in [1.54, 1.807) is 42.5 Å². The molecule has 2 heterocycles. The van der Waals surface area contributed by atoms with Crippen LogP contribution >= 0.6 is 11.6 Å². The number of nitrogens with one attached hydrogen (secondary N) is 2. The van der Waals surface area contributed by atoms with Gasteiger partial charge >= 0.3 is 18.2 Å². The highest BCUT2D eigenvalue weighted by molar-refractivity contribution is 7.90. The van der Waals surface area contributed by atoms with Gasteiger partial charge in [0.1, 0.15) is 11.6 Å². The van der Waals surface area contributed by atoms with Crippen LogP contribution in [0.15, 0.2) is 101 Å². The van der Waals surface area contributed by atoms with Crippen molar-refractivity contribution >= 4 is 54.8 Å². The molecule has 50 heavy (non-hydrogen) atoms. The van der Waals surface area contributed by atoms with E-state index in [0.717, 1.165) is 23.4 Å². The molecule has 2 amide bonds. The number of aromatic nitrogens is 3. The summed E-state index contributed by atoms with van der Waals surface area (Å²) >= 11 is 5.98. The molecule has 13 nitrogen and oxygen atoms in total. The molecule has 0 fully saturated rings. The summed E-state index contributed by atoms with van der Waals surface area (Å²) in [6.07, 6.45) is -0.110. The van der Waals surface area contributed by atoms with Gasteiger partial charge in [-0.3, -0.25) is 4.55 Å². The van der Waals surface area contributed by atoms with Crippen molar-refractivity contribution in [3.05, 3.63) is 108 Å². The summed E-state index contributed by atoms with van der Waals surface area (Å²) in [5.41, 5.74) is 6.65. The minimum absolute atomic E-state index is 0.0603. The van der Waals surface area contributed by atoms with Crippen LogP contribution in [0.2, 0.25) is 5.02 Å². The van der Waals surface area contributed by atoms with E-state index in [4.69, 9.17) is 26.6 Å². The highest BCUT2D eigenvalue weighted by atomic mass is 35.5. The number of urea groups is 1. The second-order valence-electron chi connectivity index (χ2n) is 10.3. The van der Waals surface area contributed by atoms with Crippen LogP contribution in [0.1, 0.15) is 11.1 Å². The molecule has 0 spiro atoms. The molecule has 2 aromatic heterocycles. The topological polar surface area (TPSA) is 204 Å². The molecule has 0 aliphatic carbocycles. The predicted octanol–water partition coefficient (Wildman–Crippen LogP) is 6.87. The van der Waals surface area contributed by atoms with Crippen molar-refractivity contribution in [3.8, 4) is 22.9 Å². The molecular weight excluding hydrogens is 725 g/mol. The summed E-state index contributed by atoms with van der Waals surface area (Å²) in [6.45, 7) is 1.84. The fraction of sp³-hybridized carbons (Fsp3) is 0.0968. The largest absolute Gasteiger partial charge is 0.424 e. The van der Waals surface area contributed by atoms with Gasteiger partial charge in [0.25, 0.3) is 10.1 Å². The van der Waals surface area contributed by atoms with Crippen LogP contribution in [-0.4, -0.2) is 48.6 Å². The van der Waals surface area contributed by atoms with Crippen LogP contribution in [-0.2, 0) is 26.1 Å². The van der Waals surface area contributed by atoms with E-state index in [2.05, 4.69) is 25.6 Å². The lowest BCUT2D eigenvalue weighted by molar-refractivity contribution is -0.137. The van der Waals surface area contributed by atoms with Crippen LogP contribution in [0.4, 0.5) is 35.2 Å². The molecule has 5 N–H and O–H groups in total. The minimum atomic E-state index is -4.74. The Hall–Kier alpha value is -5.30. The number of halogens is 4. The van der Waals surface area contributed by atoms with E-state index < -0.39 is 48.3 Å². The SMILES string of the molecule is CS(=O)(=O)c1ccc(C(F)(F)F)cc1NC(=O)Nc1cnc(Oc2ccc(-c3cc(Cl)cnc3N)cc2)nc1.Cc1ccc(S(=O)(=O)O)cc1. The summed E-state index contributed by atoms with van der Waals surface area (Å²) in [6, 6.07) is 15.3. The molecule has 3 aromatic carbocycles. The standard InChI is InChI=1S/C24H18ClF3N6O4S.C7H8O3S/c1-39(36,37)20-7-4-14(24(26,27)28)8-19(20)34-22(35)33-16-11-31-23(32-12-16)38-17-5-2-13(3-6-17)18-9-15(25)10-30-21(18)29;1-6-2-4-7(5-3-6)11(8,9)10/h2-12H,1H3,(H2,29,30)(H2,33,34,35);2-5H,1H3,(H,8,9,10). The molecule has 0 saturated heterocycles. The lowest BCUT2D eigenvalue weighted by Gasteiger charge is -2.14. The van der Waals surface area contributed by atoms with Crippen molar-refractivity contribution < 1.29 is 44.1 Å². The number of benzene rings is 3. The van der Waals surface area contributed by atoms with Crippen molar-refractivity contribution in [1.29, 1.82) is 0 Å². The molecule has 0 bridgehead atoms. The lowest BCUT2D eigenvalue weighted by atomic mass is 10.1. The third kappa shape index (κ3) is 10.3. The van der Waals surface area contributed by atoms with E-state index >= 15 is 0 Å². The maximum atomic E-state index is 13.1. The molecule has 0 atom stereocenters. The number of anilines is 3. The van der Waals surface area contributed by atoms with E-state index in [0.29, 0.717) is 34.3 Å². The normalized spacial score (nSPS) is 11.6. The predicted molar refractivity (Wildman–Crippen MR) is 179 cm³/mol. The summed E-state index contributed by atoms with van der Waals surface area (Å²) in [4.78, 5) is 23.8. The number of carbonyl (C=O) groups is 1. The number of carbonyl (C=O) groups excluding carboxylic acids is 1. The Morgan fingerprint density at radius 2 is 1.50 bits per heavy atom. The van der Waals surface area contributed by atoms with Crippen LogP contribution in [0.3, 0.4) is 0 Å².